The molecule has 1 fully saturated rings. The molecule has 128 valence electrons. The quantitative estimate of drug-likeness (QED) is 0.891. The molecule has 0 radical (unpaired) electrons. The van der Waals surface area contributed by atoms with E-state index in [2.05, 4.69) is 5.32 Å². The Hall–Kier alpha value is -2.55. The molecule has 1 aliphatic rings. The van der Waals surface area contributed by atoms with E-state index in [1.165, 1.54) is 5.56 Å². The number of nitrogens with zero attached hydrogens (tertiary/aromatic N) is 2. The van der Waals surface area contributed by atoms with Crippen molar-refractivity contribution >= 4 is 11.8 Å². The van der Waals surface area contributed by atoms with Gasteiger partial charge >= 0.3 is 0 Å². The minimum atomic E-state index is -0.157. The van der Waals surface area contributed by atoms with Crippen LogP contribution in [0.1, 0.15) is 30.4 Å². The van der Waals surface area contributed by atoms with E-state index in [1.807, 2.05) is 38.1 Å². The van der Waals surface area contributed by atoms with Gasteiger partial charge in [0.1, 0.15) is 12.2 Å². The van der Waals surface area contributed by atoms with Gasteiger partial charge in [-0.25, -0.2) is 0 Å². The van der Waals surface area contributed by atoms with Gasteiger partial charge in [-0.2, -0.15) is 5.26 Å². The fourth-order valence-corrected chi connectivity index (χ4v) is 2.67. The number of hydrogen-bond acceptors (Lipinski definition) is 4. The molecule has 0 bridgehead atoms. The van der Waals surface area contributed by atoms with Crippen LogP contribution in [0.4, 0.5) is 0 Å². The summed E-state index contributed by atoms with van der Waals surface area (Å²) in [6.07, 6.45) is 1.32. The fraction of sp³-hybridized carbons (Fsp3) is 0.500. The lowest BCUT2D eigenvalue weighted by molar-refractivity contribution is -0.131. The van der Waals surface area contributed by atoms with Gasteiger partial charge in [0.2, 0.25) is 5.91 Å². The van der Waals surface area contributed by atoms with Crippen molar-refractivity contribution < 1.29 is 14.3 Å². The zero-order valence-corrected chi connectivity index (χ0v) is 14.2. The average molecular weight is 329 g/mol. The largest absolute Gasteiger partial charge is 0.484 e. The summed E-state index contributed by atoms with van der Waals surface area (Å²) < 4.78 is 5.52. The molecule has 6 heteroatoms. The molecule has 1 saturated heterocycles. The standard InChI is InChI=1S/C18H23N3O3/c1-13-3-4-16(11-14(13)2)24-12-17(22)20-15-6-9-21(10-7-15)18(23)5-8-19/h3-4,11,15H,5-7,9-10,12H2,1-2H3,(H,20,22). The number of amides is 2. The van der Waals surface area contributed by atoms with Crippen molar-refractivity contribution in [2.45, 2.75) is 39.2 Å². The number of nitriles is 1. The number of aryl methyl sites for hydroxylation is 2. The number of likely N-dealkylation sites (tertiary alicyclic amines) is 1. The van der Waals surface area contributed by atoms with E-state index in [-0.39, 0.29) is 30.9 Å². The first-order chi connectivity index (χ1) is 11.5. The van der Waals surface area contributed by atoms with Crippen molar-refractivity contribution in [3.63, 3.8) is 0 Å². The van der Waals surface area contributed by atoms with Gasteiger partial charge in [0.25, 0.3) is 5.91 Å². The Labute approximate surface area is 142 Å². The molecule has 1 N–H and O–H groups in total. The maximum absolute atomic E-state index is 12.0. The third-order valence-electron chi connectivity index (χ3n) is 4.29. The topological polar surface area (TPSA) is 82.4 Å². The number of piperidine rings is 1. The second kappa shape index (κ2) is 8.34. The Balaban J connectivity index is 1.73. The van der Waals surface area contributed by atoms with E-state index < -0.39 is 0 Å². The van der Waals surface area contributed by atoms with Crippen LogP contribution in [0.25, 0.3) is 0 Å². The summed E-state index contributed by atoms with van der Waals surface area (Å²) in [4.78, 5) is 25.3. The van der Waals surface area contributed by atoms with Crippen LogP contribution in [0.3, 0.4) is 0 Å². The van der Waals surface area contributed by atoms with Gasteiger partial charge in [-0.3, -0.25) is 9.59 Å². The Kier molecular flexibility index (Phi) is 6.19. The van der Waals surface area contributed by atoms with Crippen LogP contribution in [0.5, 0.6) is 5.75 Å². The summed E-state index contributed by atoms with van der Waals surface area (Å²) in [5, 5.41) is 11.5. The summed E-state index contributed by atoms with van der Waals surface area (Å²) in [6, 6.07) is 7.66. The molecule has 0 aromatic heterocycles. The molecular weight excluding hydrogens is 306 g/mol. The van der Waals surface area contributed by atoms with Crippen molar-refractivity contribution in [2.24, 2.45) is 0 Å². The lowest BCUT2D eigenvalue weighted by Crippen LogP contribution is -2.47. The van der Waals surface area contributed by atoms with Crippen LogP contribution in [0, 0.1) is 25.2 Å². The van der Waals surface area contributed by atoms with Crippen LogP contribution >= 0.6 is 0 Å². The maximum Gasteiger partial charge on any atom is 0.258 e. The molecule has 1 aromatic carbocycles. The number of hydrogen-bond donors (Lipinski definition) is 1. The van der Waals surface area contributed by atoms with Crippen LogP contribution in [-0.4, -0.2) is 42.5 Å². The number of carbonyl (C=O) groups excluding carboxylic acids is 2. The number of rotatable bonds is 5. The second-order valence-corrected chi connectivity index (χ2v) is 6.09. The van der Waals surface area contributed by atoms with Gasteiger partial charge < -0.3 is 15.0 Å². The summed E-state index contributed by atoms with van der Waals surface area (Å²) in [7, 11) is 0. The number of carbonyl (C=O) groups is 2. The van der Waals surface area contributed by atoms with Gasteiger partial charge in [-0.1, -0.05) is 6.07 Å². The fourth-order valence-electron chi connectivity index (χ4n) is 2.67. The molecule has 24 heavy (non-hydrogen) atoms. The zero-order valence-electron chi connectivity index (χ0n) is 14.2. The van der Waals surface area contributed by atoms with Crippen molar-refractivity contribution in [3.8, 4) is 11.8 Å². The Morgan fingerprint density at radius 3 is 2.62 bits per heavy atom. The summed E-state index contributed by atoms with van der Waals surface area (Å²) >= 11 is 0. The molecular formula is C18H23N3O3. The molecule has 0 saturated carbocycles. The molecule has 0 atom stereocenters. The first kappa shape index (κ1) is 17.8. The van der Waals surface area contributed by atoms with Crippen molar-refractivity contribution in [1.82, 2.24) is 10.2 Å². The zero-order chi connectivity index (χ0) is 17.5. The third-order valence-corrected chi connectivity index (χ3v) is 4.29. The molecule has 0 aliphatic carbocycles. The molecule has 0 unspecified atom stereocenters. The predicted molar refractivity (Wildman–Crippen MR) is 89.4 cm³/mol. The van der Waals surface area contributed by atoms with Crippen LogP contribution in [-0.2, 0) is 9.59 Å². The first-order valence-electron chi connectivity index (χ1n) is 8.13. The predicted octanol–water partition coefficient (Wildman–Crippen LogP) is 1.70. The molecule has 1 heterocycles. The van der Waals surface area contributed by atoms with E-state index in [9.17, 15) is 9.59 Å². The number of benzene rings is 1. The average Bonchev–Trinajstić information content (AvgIpc) is 2.57. The maximum atomic E-state index is 12.0. The van der Waals surface area contributed by atoms with Gasteiger partial charge in [0.05, 0.1) is 6.07 Å². The Morgan fingerprint density at radius 1 is 1.29 bits per heavy atom. The van der Waals surface area contributed by atoms with Gasteiger partial charge in [0, 0.05) is 19.1 Å². The molecule has 1 aromatic rings. The van der Waals surface area contributed by atoms with E-state index in [1.54, 1.807) is 4.90 Å². The first-order valence-corrected chi connectivity index (χ1v) is 8.13. The molecule has 2 rings (SSSR count). The summed E-state index contributed by atoms with van der Waals surface area (Å²) in [5.41, 5.74) is 2.31. The van der Waals surface area contributed by atoms with Crippen LogP contribution < -0.4 is 10.1 Å². The summed E-state index contributed by atoms with van der Waals surface area (Å²) in [5.74, 6) is 0.389. The van der Waals surface area contributed by atoms with Gasteiger partial charge in [0.15, 0.2) is 6.61 Å². The number of nitrogens with one attached hydrogen (secondary N) is 1. The number of ether oxygens (including phenoxy) is 1. The van der Waals surface area contributed by atoms with E-state index in [4.69, 9.17) is 10.00 Å². The Morgan fingerprint density at radius 2 is 2.00 bits per heavy atom. The minimum absolute atomic E-state index is 0.0178. The highest BCUT2D eigenvalue weighted by Gasteiger charge is 2.23. The molecule has 6 nitrogen and oxygen atoms in total. The van der Waals surface area contributed by atoms with Crippen LogP contribution in [0.2, 0.25) is 0 Å². The van der Waals surface area contributed by atoms with E-state index >= 15 is 0 Å². The SMILES string of the molecule is Cc1ccc(OCC(=O)NC2CCN(C(=O)CC#N)CC2)cc1C. The summed E-state index contributed by atoms with van der Waals surface area (Å²) in [6.45, 7) is 5.16. The lowest BCUT2D eigenvalue weighted by Gasteiger charge is -2.32. The minimum Gasteiger partial charge on any atom is -0.484 e. The molecule has 1 aliphatic heterocycles. The highest BCUT2D eigenvalue weighted by molar-refractivity contribution is 5.79. The normalized spacial score (nSPS) is 14.8. The van der Waals surface area contributed by atoms with Crippen molar-refractivity contribution in [2.75, 3.05) is 19.7 Å². The highest BCUT2D eigenvalue weighted by atomic mass is 16.5. The third kappa shape index (κ3) is 4.98. The van der Waals surface area contributed by atoms with E-state index in [0.717, 1.165) is 5.56 Å². The van der Waals surface area contributed by atoms with E-state index in [0.29, 0.717) is 31.7 Å². The van der Waals surface area contributed by atoms with Crippen molar-refractivity contribution in [1.29, 1.82) is 5.26 Å². The molecule has 2 amide bonds. The lowest BCUT2D eigenvalue weighted by atomic mass is 10.0. The smallest absolute Gasteiger partial charge is 0.258 e. The second-order valence-electron chi connectivity index (χ2n) is 6.09. The van der Waals surface area contributed by atoms with Crippen molar-refractivity contribution in [3.05, 3.63) is 29.3 Å². The molecule has 0 spiro atoms. The van der Waals surface area contributed by atoms with Gasteiger partial charge in [-0.15, -0.1) is 0 Å². The monoisotopic (exact) mass is 329 g/mol. The highest BCUT2D eigenvalue weighted by Crippen LogP contribution is 2.16. The van der Waals surface area contributed by atoms with Gasteiger partial charge in [-0.05, 0) is 49.9 Å². The Bertz CT molecular complexity index is 643. The van der Waals surface area contributed by atoms with Crippen LogP contribution in [0.15, 0.2) is 18.2 Å².